The number of rotatable bonds is 12. The van der Waals surface area contributed by atoms with E-state index in [0.717, 1.165) is 36.8 Å². The van der Waals surface area contributed by atoms with Gasteiger partial charge < -0.3 is 15.0 Å². The van der Waals surface area contributed by atoms with Gasteiger partial charge in [0.05, 0.1) is 7.11 Å². The van der Waals surface area contributed by atoms with E-state index in [4.69, 9.17) is 16.3 Å². The molecule has 0 saturated carbocycles. The van der Waals surface area contributed by atoms with Gasteiger partial charge in [0.15, 0.2) is 5.78 Å². The molecule has 6 heteroatoms. The second-order valence-corrected chi connectivity index (χ2v) is 8.90. The minimum Gasteiger partial charge on any atom is -0.497 e. The van der Waals surface area contributed by atoms with Crippen LogP contribution in [0.3, 0.4) is 0 Å². The van der Waals surface area contributed by atoms with Gasteiger partial charge in [-0.2, -0.15) is 0 Å². The number of nitrogens with zero attached hydrogens (tertiary/aromatic N) is 1. The second-order valence-electron chi connectivity index (χ2n) is 8.46. The zero-order valence-corrected chi connectivity index (χ0v) is 19.6. The van der Waals surface area contributed by atoms with E-state index in [-0.39, 0.29) is 17.7 Å². The Hall–Kier alpha value is -2.37. The van der Waals surface area contributed by atoms with Crippen LogP contribution in [0.15, 0.2) is 48.5 Å². The van der Waals surface area contributed by atoms with Gasteiger partial charge in [-0.15, -0.1) is 0 Å². The largest absolute Gasteiger partial charge is 0.497 e. The first-order valence-corrected chi connectivity index (χ1v) is 11.8. The van der Waals surface area contributed by atoms with Crippen LogP contribution in [0.1, 0.15) is 54.4 Å². The van der Waals surface area contributed by atoms with Crippen LogP contribution in [-0.2, 0) is 11.2 Å². The van der Waals surface area contributed by atoms with E-state index < -0.39 is 0 Å². The Kier molecular flexibility index (Phi) is 9.57. The van der Waals surface area contributed by atoms with Crippen molar-refractivity contribution in [3.63, 3.8) is 0 Å². The zero-order chi connectivity index (χ0) is 22.8. The van der Waals surface area contributed by atoms with Crippen molar-refractivity contribution in [1.82, 2.24) is 10.2 Å². The van der Waals surface area contributed by atoms with Crippen LogP contribution in [-0.4, -0.2) is 49.4 Å². The summed E-state index contributed by atoms with van der Waals surface area (Å²) in [6.45, 7) is 3.06. The highest BCUT2D eigenvalue weighted by Gasteiger charge is 2.19. The first kappa shape index (κ1) is 24.3. The normalized spacial score (nSPS) is 14.8. The average molecular weight is 457 g/mol. The number of hydrogen-bond acceptors (Lipinski definition) is 4. The molecule has 0 bridgehead atoms. The SMILES string of the molecule is COc1ccc(C(=O)CCCCC(=O)NC(Cc2ccc(Cl)cc2)CN2CCCC2)cc1. The quantitative estimate of drug-likeness (QED) is 0.364. The zero-order valence-electron chi connectivity index (χ0n) is 18.8. The van der Waals surface area contributed by atoms with Gasteiger partial charge in [0.2, 0.25) is 5.91 Å². The predicted octanol–water partition coefficient (Wildman–Crippen LogP) is 4.92. The summed E-state index contributed by atoms with van der Waals surface area (Å²) in [6, 6.07) is 15.1. The third-order valence-corrected chi connectivity index (χ3v) is 6.16. The first-order chi connectivity index (χ1) is 15.5. The molecule has 1 unspecified atom stereocenters. The lowest BCUT2D eigenvalue weighted by Gasteiger charge is -2.25. The number of hydrogen-bond donors (Lipinski definition) is 1. The summed E-state index contributed by atoms with van der Waals surface area (Å²) in [5, 5.41) is 3.95. The molecule has 1 aliphatic rings. The molecule has 5 nitrogen and oxygen atoms in total. The lowest BCUT2D eigenvalue weighted by atomic mass is 10.0. The van der Waals surface area contributed by atoms with Crippen molar-refractivity contribution in [1.29, 1.82) is 0 Å². The predicted molar refractivity (Wildman–Crippen MR) is 129 cm³/mol. The molecule has 0 radical (unpaired) electrons. The van der Waals surface area contributed by atoms with Gasteiger partial charge in [-0.1, -0.05) is 23.7 Å². The van der Waals surface area contributed by atoms with Gasteiger partial charge in [-0.25, -0.2) is 0 Å². The maximum absolute atomic E-state index is 12.6. The van der Waals surface area contributed by atoms with E-state index in [9.17, 15) is 9.59 Å². The number of ketones is 1. The summed E-state index contributed by atoms with van der Waals surface area (Å²) in [4.78, 5) is 27.4. The molecule has 0 aromatic heterocycles. The van der Waals surface area contributed by atoms with Crippen LogP contribution >= 0.6 is 11.6 Å². The monoisotopic (exact) mass is 456 g/mol. The lowest BCUT2D eigenvalue weighted by molar-refractivity contribution is -0.122. The Morgan fingerprint density at radius 2 is 1.66 bits per heavy atom. The van der Waals surface area contributed by atoms with E-state index >= 15 is 0 Å². The van der Waals surface area contributed by atoms with Crippen molar-refractivity contribution in [2.24, 2.45) is 0 Å². The van der Waals surface area contributed by atoms with Crippen molar-refractivity contribution < 1.29 is 14.3 Å². The first-order valence-electron chi connectivity index (χ1n) is 11.5. The maximum atomic E-state index is 12.6. The fourth-order valence-electron chi connectivity index (χ4n) is 4.14. The smallest absolute Gasteiger partial charge is 0.220 e. The molecule has 1 atom stereocenters. The van der Waals surface area contributed by atoms with E-state index in [0.29, 0.717) is 31.2 Å². The molecule has 1 fully saturated rings. The molecule has 1 N–H and O–H groups in total. The van der Waals surface area contributed by atoms with Gasteiger partial charge in [-0.3, -0.25) is 9.59 Å². The van der Waals surface area contributed by atoms with Crippen molar-refractivity contribution >= 4 is 23.3 Å². The summed E-state index contributed by atoms with van der Waals surface area (Å²) >= 11 is 6.01. The van der Waals surface area contributed by atoms with Crippen LogP contribution in [0.25, 0.3) is 0 Å². The molecular formula is C26H33ClN2O3. The Balaban J connectivity index is 1.43. The highest BCUT2D eigenvalue weighted by molar-refractivity contribution is 6.30. The molecule has 172 valence electrons. The van der Waals surface area contributed by atoms with E-state index in [1.54, 1.807) is 31.4 Å². The molecular weight excluding hydrogens is 424 g/mol. The van der Waals surface area contributed by atoms with Crippen LogP contribution < -0.4 is 10.1 Å². The Labute approximate surface area is 196 Å². The third kappa shape index (κ3) is 7.95. The number of carbonyl (C=O) groups excluding carboxylic acids is 2. The van der Waals surface area contributed by atoms with Crippen LogP contribution in [0.5, 0.6) is 5.75 Å². The number of ether oxygens (including phenoxy) is 1. The molecule has 1 saturated heterocycles. The number of likely N-dealkylation sites (tertiary alicyclic amines) is 1. The van der Waals surface area contributed by atoms with E-state index in [1.807, 2.05) is 24.3 Å². The minimum atomic E-state index is 0.0556. The van der Waals surface area contributed by atoms with Crippen molar-refractivity contribution in [2.45, 2.75) is 51.0 Å². The van der Waals surface area contributed by atoms with Gasteiger partial charge in [-0.05, 0) is 87.2 Å². The van der Waals surface area contributed by atoms with Crippen LogP contribution in [0, 0.1) is 0 Å². The molecule has 0 aliphatic carbocycles. The van der Waals surface area contributed by atoms with Crippen LogP contribution in [0.2, 0.25) is 5.02 Å². The summed E-state index contributed by atoms with van der Waals surface area (Å²) in [6.07, 6.45) is 5.52. The Bertz CT molecular complexity index is 862. The van der Waals surface area contributed by atoms with Gasteiger partial charge >= 0.3 is 0 Å². The summed E-state index contributed by atoms with van der Waals surface area (Å²) in [5.41, 5.74) is 1.85. The summed E-state index contributed by atoms with van der Waals surface area (Å²) < 4.78 is 5.13. The van der Waals surface area contributed by atoms with Crippen molar-refractivity contribution in [2.75, 3.05) is 26.7 Å². The summed E-state index contributed by atoms with van der Waals surface area (Å²) in [5.74, 6) is 0.892. The number of halogens is 1. The number of unbranched alkanes of at least 4 members (excludes halogenated alkanes) is 1. The third-order valence-electron chi connectivity index (χ3n) is 5.91. The second kappa shape index (κ2) is 12.6. The van der Waals surface area contributed by atoms with Crippen molar-refractivity contribution in [3.8, 4) is 5.75 Å². The lowest BCUT2D eigenvalue weighted by Crippen LogP contribution is -2.44. The highest BCUT2D eigenvalue weighted by atomic mass is 35.5. The molecule has 32 heavy (non-hydrogen) atoms. The number of carbonyl (C=O) groups is 2. The fourth-order valence-corrected chi connectivity index (χ4v) is 4.26. The molecule has 1 amide bonds. The number of Topliss-reactive ketones (excluding diaryl/α,β-unsaturated/α-hetero) is 1. The topological polar surface area (TPSA) is 58.6 Å². The average Bonchev–Trinajstić information content (AvgIpc) is 3.31. The molecule has 1 heterocycles. The number of benzene rings is 2. The molecule has 3 rings (SSSR count). The van der Waals surface area contributed by atoms with Gasteiger partial charge in [0.1, 0.15) is 5.75 Å². The Morgan fingerprint density at radius 3 is 2.31 bits per heavy atom. The molecule has 2 aromatic rings. The Morgan fingerprint density at radius 1 is 1.00 bits per heavy atom. The molecule has 2 aromatic carbocycles. The van der Waals surface area contributed by atoms with Crippen molar-refractivity contribution in [3.05, 3.63) is 64.7 Å². The molecule has 1 aliphatic heterocycles. The van der Waals surface area contributed by atoms with Gasteiger partial charge in [0.25, 0.3) is 0 Å². The molecule has 0 spiro atoms. The standard InChI is InChI=1S/C26H33ClN2O3/c1-32-24-14-10-21(11-15-24)25(30)6-2-3-7-26(31)28-23(19-29-16-4-5-17-29)18-20-8-12-22(27)13-9-20/h8-15,23H,2-7,16-19H2,1H3,(H,28,31). The maximum Gasteiger partial charge on any atom is 0.220 e. The number of nitrogens with one attached hydrogen (secondary N) is 1. The highest BCUT2D eigenvalue weighted by Crippen LogP contribution is 2.16. The van der Waals surface area contributed by atoms with E-state index in [1.165, 1.54) is 18.4 Å². The minimum absolute atomic E-state index is 0.0556. The van der Waals surface area contributed by atoms with Crippen LogP contribution in [0.4, 0.5) is 0 Å². The number of amides is 1. The fraction of sp³-hybridized carbons (Fsp3) is 0.462. The van der Waals surface area contributed by atoms with E-state index in [2.05, 4.69) is 10.2 Å². The summed E-state index contributed by atoms with van der Waals surface area (Å²) in [7, 11) is 1.60. The number of methoxy groups -OCH3 is 1. The van der Waals surface area contributed by atoms with Gasteiger partial charge in [0, 0.05) is 36.0 Å².